The van der Waals surface area contributed by atoms with Gasteiger partial charge in [-0.3, -0.25) is 14.5 Å². The van der Waals surface area contributed by atoms with Crippen molar-refractivity contribution in [2.75, 3.05) is 13.1 Å². The van der Waals surface area contributed by atoms with Gasteiger partial charge in [-0.25, -0.2) is 17.8 Å². The topological polar surface area (TPSA) is 160 Å². The van der Waals surface area contributed by atoms with Gasteiger partial charge in [-0.1, -0.05) is 35.9 Å². The van der Waals surface area contributed by atoms with Crippen molar-refractivity contribution in [3.63, 3.8) is 0 Å². The van der Waals surface area contributed by atoms with Gasteiger partial charge < -0.3 is 19.7 Å². The standard InChI is InChI=1S/C41H41F3N4O8S/c1-23-2-6-25(7-3-23)29-21-32(41(42,43)44)45-48(29)27-9-11-28(12-10-27)57(53,54)46-34(50)14-15-35(51)55-31-16-17-40(52)33-20-26-8-13-30(49)37-36(26)39(40,38(31)56-37)18-19-47(33)22-24-4-5-24/h2-3,6-13,21,24,31,33,38,49,52H,4-5,14-20,22H2,1H3,(H,46,50)/t31-,33-,38?,39+,40-/m1/s1. The monoisotopic (exact) mass is 806 g/mol. The molecule has 3 fully saturated rings. The van der Waals surface area contributed by atoms with Crippen LogP contribution in [0.15, 0.2) is 71.6 Å². The maximum Gasteiger partial charge on any atom is 0.435 e. The van der Waals surface area contributed by atoms with Crippen molar-refractivity contribution >= 4 is 21.9 Å². The highest BCUT2D eigenvalue weighted by Gasteiger charge is 2.73. The maximum atomic E-state index is 13.6. The molecule has 4 aromatic rings. The predicted octanol–water partition coefficient (Wildman–Crippen LogP) is 5.33. The summed E-state index contributed by atoms with van der Waals surface area (Å²) in [5, 5.41) is 27.2. The van der Waals surface area contributed by atoms with Crippen LogP contribution in [-0.4, -0.2) is 82.1 Å². The Balaban J connectivity index is 0.863. The summed E-state index contributed by atoms with van der Waals surface area (Å²) in [7, 11) is -4.43. The number of halogens is 3. The molecule has 2 aliphatic heterocycles. The number of ether oxygens (including phenoxy) is 2. The summed E-state index contributed by atoms with van der Waals surface area (Å²) in [6.07, 6.45) is -3.03. The van der Waals surface area contributed by atoms with Crippen LogP contribution in [0.25, 0.3) is 16.9 Å². The van der Waals surface area contributed by atoms with Crippen molar-refractivity contribution < 1.29 is 50.9 Å². The van der Waals surface area contributed by atoms with Gasteiger partial charge in [0.05, 0.1) is 33.7 Å². The Morgan fingerprint density at radius 1 is 1.02 bits per heavy atom. The van der Waals surface area contributed by atoms with E-state index < -0.39 is 69.8 Å². The normalized spacial score (nSPS) is 26.4. The van der Waals surface area contributed by atoms with Crippen LogP contribution in [0.5, 0.6) is 11.5 Å². The molecule has 1 aromatic heterocycles. The number of carbonyl (C=O) groups is 2. The molecule has 1 unspecified atom stereocenters. The minimum absolute atomic E-state index is 0.0414. The molecule has 300 valence electrons. The van der Waals surface area contributed by atoms with E-state index in [1.165, 1.54) is 25.0 Å². The molecule has 0 radical (unpaired) electrons. The first kappa shape index (κ1) is 37.6. The first-order chi connectivity index (χ1) is 27.1. The van der Waals surface area contributed by atoms with Crippen molar-refractivity contribution in [3.05, 3.63) is 89.1 Å². The van der Waals surface area contributed by atoms with Gasteiger partial charge >= 0.3 is 12.1 Å². The Kier molecular flexibility index (Phi) is 8.79. The molecule has 3 heterocycles. The van der Waals surface area contributed by atoms with Gasteiger partial charge in [0.1, 0.15) is 12.2 Å². The first-order valence-corrected chi connectivity index (χ1v) is 20.6. The highest BCUT2D eigenvalue weighted by atomic mass is 32.2. The van der Waals surface area contributed by atoms with Crippen LogP contribution in [0.2, 0.25) is 0 Å². The second kappa shape index (κ2) is 13.3. The molecular formula is C41H41F3N4O8S. The van der Waals surface area contributed by atoms with E-state index in [1.807, 2.05) is 17.7 Å². The fraction of sp³-hybridized carbons (Fsp3) is 0.439. The summed E-state index contributed by atoms with van der Waals surface area (Å²) < 4.78 is 82.7. The molecule has 3 aliphatic carbocycles. The number of aliphatic hydroxyl groups is 1. The number of esters is 1. The molecule has 12 nitrogen and oxygen atoms in total. The lowest BCUT2D eigenvalue weighted by Gasteiger charge is -2.64. The molecule has 9 rings (SSSR count). The number of nitrogens with zero attached hydrogens (tertiary/aromatic N) is 3. The van der Waals surface area contributed by atoms with E-state index in [0.29, 0.717) is 42.9 Å². The number of piperidine rings is 1. The van der Waals surface area contributed by atoms with Crippen molar-refractivity contribution in [1.29, 1.82) is 0 Å². The van der Waals surface area contributed by atoms with Gasteiger partial charge in [-0.2, -0.15) is 18.3 Å². The van der Waals surface area contributed by atoms with Crippen LogP contribution < -0.4 is 9.46 Å². The van der Waals surface area contributed by atoms with Crippen LogP contribution in [-0.2, 0) is 42.4 Å². The van der Waals surface area contributed by atoms with Crippen molar-refractivity contribution in [2.24, 2.45) is 5.92 Å². The molecule has 2 saturated carbocycles. The Bertz CT molecular complexity index is 2380. The summed E-state index contributed by atoms with van der Waals surface area (Å²) in [6.45, 7) is 3.49. The molecule has 1 saturated heterocycles. The number of alkyl halides is 3. The Labute approximate surface area is 326 Å². The van der Waals surface area contributed by atoms with E-state index in [4.69, 9.17) is 9.47 Å². The third-order valence-electron chi connectivity index (χ3n) is 12.5. The number of aryl methyl sites for hydroxylation is 1. The molecule has 1 spiro atoms. The van der Waals surface area contributed by atoms with Crippen LogP contribution in [0.3, 0.4) is 0 Å². The van der Waals surface area contributed by atoms with Crippen LogP contribution >= 0.6 is 0 Å². The second-order valence-corrected chi connectivity index (χ2v) is 17.8. The zero-order chi connectivity index (χ0) is 40.1. The first-order valence-electron chi connectivity index (χ1n) is 19.2. The highest BCUT2D eigenvalue weighted by Crippen LogP contribution is 2.66. The molecule has 16 heteroatoms. The smallest absolute Gasteiger partial charge is 0.435 e. The quantitative estimate of drug-likeness (QED) is 0.179. The summed E-state index contributed by atoms with van der Waals surface area (Å²) in [5.74, 6) is -0.811. The van der Waals surface area contributed by atoms with Crippen LogP contribution in [0, 0.1) is 12.8 Å². The number of sulfonamides is 1. The average molecular weight is 807 g/mol. The van der Waals surface area contributed by atoms with Crippen LogP contribution in [0.4, 0.5) is 13.2 Å². The lowest BCUT2D eigenvalue weighted by atomic mass is 9.48. The van der Waals surface area contributed by atoms with E-state index in [1.54, 1.807) is 30.3 Å². The van der Waals surface area contributed by atoms with Gasteiger partial charge in [-0.15, -0.1) is 0 Å². The number of hydrogen-bond acceptors (Lipinski definition) is 10. The SMILES string of the molecule is Cc1ccc(-c2cc(C(F)(F)F)nn2-c2ccc(S(=O)(=O)NC(=O)CCC(=O)O[C@@H]3CC[C@@]4(O)[C@H]5Cc6ccc(O)c7c6[C@@]4(CCN5CC4CC4)C3O7)cc2)cc1. The van der Waals surface area contributed by atoms with Gasteiger partial charge in [0.25, 0.3) is 10.0 Å². The van der Waals surface area contributed by atoms with Crippen molar-refractivity contribution in [2.45, 2.75) is 98.6 Å². The Morgan fingerprint density at radius 3 is 2.46 bits per heavy atom. The maximum absolute atomic E-state index is 13.6. The average Bonchev–Trinajstić information content (AvgIpc) is 3.73. The number of nitrogens with one attached hydrogen (secondary N) is 1. The number of phenols is 1. The predicted molar refractivity (Wildman–Crippen MR) is 198 cm³/mol. The molecule has 1 amide bonds. The van der Waals surface area contributed by atoms with Crippen molar-refractivity contribution in [1.82, 2.24) is 19.4 Å². The summed E-state index contributed by atoms with van der Waals surface area (Å²) in [5.41, 5.74) is 0.289. The molecular weight excluding hydrogens is 766 g/mol. The number of phenolic OH excluding ortho intramolecular Hbond substituents is 1. The second-order valence-electron chi connectivity index (χ2n) is 16.1. The highest BCUT2D eigenvalue weighted by molar-refractivity contribution is 7.90. The number of aromatic nitrogens is 2. The van der Waals surface area contributed by atoms with E-state index in [-0.39, 0.29) is 28.1 Å². The lowest BCUT2D eigenvalue weighted by Crippen LogP contribution is -2.77. The molecule has 3 N–H and O–H groups in total. The number of likely N-dealkylation sites (tertiary alicyclic amines) is 1. The number of carbonyl (C=O) groups excluding carboxylic acids is 2. The number of rotatable bonds is 10. The number of aromatic hydroxyl groups is 1. The number of benzene rings is 3. The molecule has 57 heavy (non-hydrogen) atoms. The lowest BCUT2D eigenvalue weighted by molar-refractivity contribution is -0.216. The summed E-state index contributed by atoms with van der Waals surface area (Å²) >= 11 is 0. The fourth-order valence-corrected chi connectivity index (χ4v) is 10.7. The molecule has 5 aliphatic rings. The minimum Gasteiger partial charge on any atom is -0.504 e. The van der Waals surface area contributed by atoms with Gasteiger partial charge in [0.2, 0.25) is 5.91 Å². The summed E-state index contributed by atoms with van der Waals surface area (Å²) in [4.78, 5) is 28.2. The fourth-order valence-electron chi connectivity index (χ4n) is 9.67. The zero-order valence-electron chi connectivity index (χ0n) is 31.0. The largest absolute Gasteiger partial charge is 0.504 e. The van der Waals surface area contributed by atoms with E-state index in [0.717, 1.165) is 52.7 Å². The minimum atomic E-state index is -4.72. The third kappa shape index (κ3) is 6.27. The molecule has 5 atom stereocenters. The zero-order valence-corrected chi connectivity index (χ0v) is 31.8. The van der Waals surface area contributed by atoms with Gasteiger partial charge in [-0.05, 0) is 99.9 Å². The Morgan fingerprint density at radius 2 is 1.75 bits per heavy atom. The van der Waals surface area contributed by atoms with Gasteiger partial charge in [0.15, 0.2) is 17.2 Å². The van der Waals surface area contributed by atoms with Crippen molar-refractivity contribution in [3.8, 4) is 28.4 Å². The Hall–Kier alpha value is -4.93. The van der Waals surface area contributed by atoms with E-state index in [9.17, 15) is 41.4 Å². The summed E-state index contributed by atoms with van der Waals surface area (Å²) in [6, 6.07) is 15.9. The molecule has 3 aromatic carbocycles. The van der Waals surface area contributed by atoms with E-state index in [2.05, 4.69) is 10.00 Å². The van der Waals surface area contributed by atoms with E-state index >= 15 is 0 Å². The van der Waals surface area contributed by atoms with Crippen LogP contribution in [0.1, 0.15) is 67.3 Å². The molecule has 2 bridgehead atoms. The number of amides is 1. The van der Waals surface area contributed by atoms with Gasteiger partial charge in [0, 0.05) is 30.1 Å². The third-order valence-corrected chi connectivity index (χ3v) is 13.9. The number of hydrogen-bond donors (Lipinski definition) is 3.